The Labute approximate surface area is 167 Å². The van der Waals surface area contributed by atoms with Crippen LogP contribution < -0.4 is 15.2 Å². The number of imidazole rings is 1. The molecule has 29 heavy (non-hydrogen) atoms. The minimum absolute atomic E-state index is 0.135. The summed E-state index contributed by atoms with van der Waals surface area (Å²) in [6, 6.07) is 7.50. The summed E-state index contributed by atoms with van der Waals surface area (Å²) in [6.07, 6.45) is 0.750. The average Bonchev–Trinajstić information content (AvgIpc) is 3.09. The van der Waals surface area contributed by atoms with Crippen molar-refractivity contribution in [2.24, 2.45) is 0 Å². The molecular weight excluding hydrogens is 403 g/mol. The number of pyridine rings is 1. The smallest absolute Gasteiger partial charge is 0.350 e. The van der Waals surface area contributed by atoms with Crippen molar-refractivity contribution < 1.29 is 13.9 Å². The maximum atomic E-state index is 13.2. The molecule has 0 saturated heterocycles. The zero-order valence-corrected chi connectivity index (χ0v) is 15.8. The fourth-order valence-corrected chi connectivity index (χ4v) is 2.84. The SMILES string of the molecule is COc1ccc(Oc2nc(CCc3nc4nc(F)ccc4[nH]3)[nH]c(=O)n2)c(Cl)c1. The van der Waals surface area contributed by atoms with Crippen LogP contribution in [0.5, 0.6) is 17.5 Å². The number of rotatable bonds is 6. The van der Waals surface area contributed by atoms with Crippen LogP contribution in [0.15, 0.2) is 35.1 Å². The van der Waals surface area contributed by atoms with E-state index in [9.17, 15) is 9.18 Å². The number of ether oxygens (including phenoxy) is 2. The maximum Gasteiger partial charge on any atom is 0.350 e. The zero-order chi connectivity index (χ0) is 20.4. The first-order valence-electron chi connectivity index (χ1n) is 8.50. The summed E-state index contributed by atoms with van der Waals surface area (Å²) in [6.45, 7) is 0. The summed E-state index contributed by atoms with van der Waals surface area (Å²) in [5.41, 5.74) is 0.299. The lowest BCUT2D eigenvalue weighted by molar-refractivity contribution is 0.409. The molecule has 0 aliphatic rings. The molecule has 0 radical (unpaired) electrons. The van der Waals surface area contributed by atoms with Gasteiger partial charge >= 0.3 is 11.7 Å². The van der Waals surface area contributed by atoms with Gasteiger partial charge in [-0.2, -0.15) is 14.4 Å². The van der Waals surface area contributed by atoms with Gasteiger partial charge in [0.2, 0.25) is 5.95 Å². The number of hydrogen-bond acceptors (Lipinski definition) is 7. The number of nitrogens with one attached hydrogen (secondary N) is 2. The van der Waals surface area contributed by atoms with Crippen molar-refractivity contribution in [2.45, 2.75) is 12.8 Å². The molecule has 0 spiro atoms. The molecule has 0 fully saturated rings. The minimum atomic E-state index is -0.608. The number of hydrogen-bond donors (Lipinski definition) is 2. The highest BCUT2D eigenvalue weighted by molar-refractivity contribution is 6.32. The number of aryl methyl sites for hydroxylation is 2. The topological polar surface area (TPSA) is 119 Å². The Morgan fingerprint density at radius 2 is 1.83 bits per heavy atom. The first kappa shape index (κ1) is 18.8. The summed E-state index contributed by atoms with van der Waals surface area (Å²) in [4.78, 5) is 33.3. The monoisotopic (exact) mass is 416 g/mol. The highest BCUT2D eigenvalue weighted by atomic mass is 35.5. The fraction of sp³-hybridized carbons (Fsp3) is 0.167. The first-order valence-corrected chi connectivity index (χ1v) is 8.88. The van der Waals surface area contributed by atoms with Crippen LogP contribution in [0, 0.1) is 5.95 Å². The first-order chi connectivity index (χ1) is 14.0. The van der Waals surface area contributed by atoms with E-state index in [0.717, 1.165) is 0 Å². The van der Waals surface area contributed by atoms with Crippen molar-refractivity contribution in [2.75, 3.05) is 7.11 Å². The molecule has 3 heterocycles. The zero-order valence-electron chi connectivity index (χ0n) is 15.1. The number of aromatic nitrogens is 6. The third-order valence-electron chi connectivity index (χ3n) is 3.98. The Morgan fingerprint density at radius 3 is 2.59 bits per heavy atom. The highest BCUT2D eigenvalue weighted by Gasteiger charge is 2.11. The number of benzene rings is 1. The molecule has 0 atom stereocenters. The van der Waals surface area contributed by atoms with Gasteiger partial charge in [-0.3, -0.25) is 4.98 Å². The van der Waals surface area contributed by atoms with E-state index in [-0.39, 0.29) is 22.4 Å². The van der Waals surface area contributed by atoms with E-state index in [1.807, 2.05) is 0 Å². The van der Waals surface area contributed by atoms with Gasteiger partial charge in [-0.1, -0.05) is 11.6 Å². The number of halogens is 2. The molecule has 0 amide bonds. The molecule has 4 aromatic rings. The predicted molar refractivity (Wildman–Crippen MR) is 102 cm³/mol. The summed E-state index contributed by atoms with van der Waals surface area (Å²) in [5, 5.41) is 0.289. The number of H-pyrrole nitrogens is 2. The predicted octanol–water partition coefficient (Wildman–Crippen LogP) is 2.81. The Kier molecular flexibility index (Phi) is 5.09. The standard InChI is InChI=1S/C18H14ClFN6O3/c1-28-9-2-4-12(10(19)8-9)29-18-25-15(24-17(27)26-18)7-6-14-21-11-3-5-13(20)22-16(11)23-14/h2-5,8H,6-7H2,1H3,(H,21,22,23)(H,24,25,26,27). The van der Waals surface area contributed by atoms with Gasteiger partial charge in [0, 0.05) is 18.9 Å². The molecule has 3 aromatic heterocycles. The van der Waals surface area contributed by atoms with Crippen molar-refractivity contribution in [3.63, 3.8) is 0 Å². The van der Waals surface area contributed by atoms with Gasteiger partial charge in [-0.15, -0.1) is 4.98 Å². The summed E-state index contributed by atoms with van der Waals surface area (Å²) < 4.78 is 23.8. The molecule has 148 valence electrons. The molecule has 9 nitrogen and oxygen atoms in total. The molecule has 11 heteroatoms. The van der Waals surface area contributed by atoms with E-state index in [1.54, 1.807) is 24.3 Å². The Bertz CT molecular complexity index is 1240. The van der Waals surface area contributed by atoms with Crippen LogP contribution in [-0.2, 0) is 12.8 Å². The Hall–Kier alpha value is -3.53. The minimum Gasteiger partial charge on any atom is -0.497 e. The van der Waals surface area contributed by atoms with Gasteiger partial charge in [0.05, 0.1) is 17.6 Å². The molecule has 0 aliphatic carbocycles. The second-order valence-corrected chi connectivity index (χ2v) is 6.38. The van der Waals surface area contributed by atoms with E-state index >= 15 is 0 Å². The molecule has 0 aliphatic heterocycles. The van der Waals surface area contributed by atoms with Crippen LogP contribution in [0.25, 0.3) is 11.2 Å². The molecular formula is C18H14ClFN6O3. The highest BCUT2D eigenvalue weighted by Crippen LogP contribution is 2.30. The van der Waals surface area contributed by atoms with E-state index in [0.29, 0.717) is 35.8 Å². The van der Waals surface area contributed by atoms with Gasteiger partial charge in [-0.25, -0.2) is 9.78 Å². The van der Waals surface area contributed by atoms with Crippen LogP contribution in [0.1, 0.15) is 11.6 Å². The van der Waals surface area contributed by atoms with Gasteiger partial charge in [0.1, 0.15) is 23.1 Å². The maximum absolute atomic E-state index is 13.2. The number of methoxy groups -OCH3 is 1. The molecule has 2 N–H and O–H groups in total. The van der Waals surface area contributed by atoms with Crippen LogP contribution in [0.2, 0.25) is 5.02 Å². The number of aromatic amines is 2. The lowest BCUT2D eigenvalue weighted by Gasteiger charge is -2.08. The molecule has 0 unspecified atom stereocenters. The Morgan fingerprint density at radius 1 is 1.03 bits per heavy atom. The van der Waals surface area contributed by atoms with Crippen molar-refractivity contribution in [1.29, 1.82) is 0 Å². The van der Waals surface area contributed by atoms with E-state index in [1.165, 1.54) is 13.2 Å². The van der Waals surface area contributed by atoms with Crippen molar-refractivity contribution >= 4 is 22.8 Å². The quantitative estimate of drug-likeness (QED) is 0.464. The van der Waals surface area contributed by atoms with E-state index < -0.39 is 11.6 Å². The van der Waals surface area contributed by atoms with E-state index in [2.05, 4.69) is 29.9 Å². The average molecular weight is 417 g/mol. The van der Waals surface area contributed by atoms with Crippen molar-refractivity contribution in [3.8, 4) is 17.5 Å². The lowest BCUT2D eigenvalue weighted by atomic mass is 10.3. The Balaban J connectivity index is 1.51. The van der Waals surface area contributed by atoms with Gasteiger partial charge < -0.3 is 14.5 Å². The van der Waals surface area contributed by atoms with Gasteiger partial charge in [0.15, 0.2) is 5.65 Å². The normalized spacial score (nSPS) is 11.0. The third kappa shape index (κ3) is 4.32. The summed E-state index contributed by atoms with van der Waals surface area (Å²) in [7, 11) is 1.52. The number of fused-ring (bicyclic) bond motifs is 1. The second kappa shape index (κ2) is 7.84. The largest absolute Gasteiger partial charge is 0.497 e. The summed E-state index contributed by atoms with van der Waals surface area (Å²) >= 11 is 6.14. The fourth-order valence-electron chi connectivity index (χ4n) is 2.63. The van der Waals surface area contributed by atoms with Crippen LogP contribution in [0.3, 0.4) is 0 Å². The van der Waals surface area contributed by atoms with Crippen LogP contribution >= 0.6 is 11.6 Å². The number of nitrogens with zero attached hydrogens (tertiary/aromatic N) is 4. The van der Waals surface area contributed by atoms with Crippen molar-refractivity contribution in [1.82, 2.24) is 29.9 Å². The van der Waals surface area contributed by atoms with Gasteiger partial charge in [0.25, 0.3) is 0 Å². The third-order valence-corrected chi connectivity index (χ3v) is 4.27. The van der Waals surface area contributed by atoms with Crippen molar-refractivity contribution in [3.05, 3.63) is 63.4 Å². The molecule has 0 saturated carbocycles. The van der Waals surface area contributed by atoms with Crippen LogP contribution in [-0.4, -0.2) is 37.0 Å². The summed E-state index contributed by atoms with van der Waals surface area (Å²) in [5.74, 6) is 1.18. The molecule has 4 rings (SSSR count). The van der Waals surface area contributed by atoms with E-state index in [4.69, 9.17) is 21.1 Å². The second-order valence-electron chi connectivity index (χ2n) is 5.97. The molecule has 1 aromatic carbocycles. The van der Waals surface area contributed by atoms with Crippen LogP contribution in [0.4, 0.5) is 4.39 Å². The van der Waals surface area contributed by atoms with Gasteiger partial charge in [-0.05, 0) is 24.3 Å². The lowest BCUT2D eigenvalue weighted by Crippen LogP contribution is -2.16. The molecule has 0 bridgehead atoms.